The van der Waals surface area contributed by atoms with Crippen LogP contribution in [-0.4, -0.2) is 9.55 Å². The van der Waals surface area contributed by atoms with Gasteiger partial charge < -0.3 is 10.3 Å². The molecule has 1 aliphatic rings. The van der Waals surface area contributed by atoms with Crippen molar-refractivity contribution in [3.05, 3.63) is 23.0 Å². The van der Waals surface area contributed by atoms with Crippen molar-refractivity contribution < 1.29 is 4.39 Å². The molecule has 1 aromatic heterocycles. The number of anilines is 1. The Balaban J connectivity index is 1.91. The van der Waals surface area contributed by atoms with Gasteiger partial charge in [-0.05, 0) is 30.7 Å². The molecule has 0 unspecified atom stereocenters. The van der Waals surface area contributed by atoms with Crippen molar-refractivity contribution in [2.24, 2.45) is 11.8 Å². The highest BCUT2D eigenvalue weighted by Gasteiger charge is 2.21. The van der Waals surface area contributed by atoms with Crippen molar-refractivity contribution in [3.63, 3.8) is 0 Å². The average Bonchev–Trinajstić information content (AvgIpc) is 2.69. The summed E-state index contributed by atoms with van der Waals surface area (Å²) in [7, 11) is 0. The number of nitrogen functional groups attached to an aromatic ring is 1. The van der Waals surface area contributed by atoms with Crippen LogP contribution in [0, 0.1) is 17.7 Å². The van der Waals surface area contributed by atoms with Crippen LogP contribution in [-0.2, 0) is 6.54 Å². The average molecular weight is 296 g/mol. The van der Waals surface area contributed by atoms with Gasteiger partial charge in [-0.2, -0.15) is 0 Å². The first-order valence-corrected chi connectivity index (χ1v) is 7.53. The lowest BCUT2D eigenvalue weighted by molar-refractivity contribution is 0.267. The summed E-state index contributed by atoms with van der Waals surface area (Å²) in [6, 6.07) is 2.98. The molecule has 0 aliphatic heterocycles. The second kappa shape index (κ2) is 5.24. The molecule has 5 heteroatoms. The number of benzene rings is 1. The van der Waals surface area contributed by atoms with E-state index in [-0.39, 0.29) is 5.02 Å². The molecule has 0 spiro atoms. The second-order valence-corrected chi connectivity index (χ2v) is 6.37. The van der Waals surface area contributed by atoms with Gasteiger partial charge in [0.05, 0.1) is 16.1 Å². The maximum Gasteiger partial charge on any atom is 0.201 e. The Labute approximate surface area is 122 Å². The predicted octanol–water partition coefficient (Wildman–Crippen LogP) is 4.24. The molecule has 0 saturated heterocycles. The lowest BCUT2D eigenvalue weighted by Crippen LogP contribution is -2.18. The third-order valence-electron chi connectivity index (χ3n) is 4.40. The second-order valence-electron chi connectivity index (χ2n) is 5.96. The summed E-state index contributed by atoms with van der Waals surface area (Å²) >= 11 is 5.87. The Morgan fingerprint density at radius 2 is 2.05 bits per heavy atom. The minimum atomic E-state index is -0.449. The molecule has 1 aliphatic carbocycles. The summed E-state index contributed by atoms with van der Waals surface area (Å²) in [5.41, 5.74) is 7.39. The zero-order valence-corrected chi connectivity index (χ0v) is 12.3. The monoisotopic (exact) mass is 295 g/mol. The third-order valence-corrected chi connectivity index (χ3v) is 4.69. The van der Waals surface area contributed by atoms with Gasteiger partial charge in [-0.1, -0.05) is 31.4 Å². The summed E-state index contributed by atoms with van der Waals surface area (Å²) in [6.07, 6.45) is 4.98. The fourth-order valence-corrected chi connectivity index (χ4v) is 3.26. The smallest absolute Gasteiger partial charge is 0.201 e. The van der Waals surface area contributed by atoms with Crippen LogP contribution in [0.5, 0.6) is 0 Å². The van der Waals surface area contributed by atoms with Crippen molar-refractivity contribution in [1.29, 1.82) is 0 Å². The van der Waals surface area contributed by atoms with Crippen LogP contribution in [0.2, 0.25) is 5.02 Å². The van der Waals surface area contributed by atoms with Gasteiger partial charge in [0.25, 0.3) is 0 Å². The lowest BCUT2D eigenvalue weighted by Gasteiger charge is -2.26. The minimum Gasteiger partial charge on any atom is -0.369 e. The van der Waals surface area contributed by atoms with Crippen LogP contribution in [0.3, 0.4) is 0 Å². The van der Waals surface area contributed by atoms with E-state index in [1.54, 1.807) is 6.07 Å². The molecule has 2 N–H and O–H groups in total. The molecule has 3 nitrogen and oxygen atoms in total. The molecule has 0 radical (unpaired) electrons. The fourth-order valence-electron chi connectivity index (χ4n) is 3.10. The molecule has 20 heavy (non-hydrogen) atoms. The maximum atomic E-state index is 13.5. The highest BCUT2D eigenvalue weighted by atomic mass is 35.5. The van der Waals surface area contributed by atoms with Gasteiger partial charge in [0.2, 0.25) is 5.95 Å². The predicted molar refractivity (Wildman–Crippen MR) is 80.2 cm³/mol. The van der Waals surface area contributed by atoms with Gasteiger partial charge in [-0.3, -0.25) is 0 Å². The van der Waals surface area contributed by atoms with E-state index >= 15 is 0 Å². The van der Waals surface area contributed by atoms with E-state index in [1.807, 2.05) is 4.57 Å². The number of halogens is 2. The van der Waals surface area contributed by atoms with Crippen molar-refractivity contribution in [1.82, 2.24) is 9.55 Å². The molecule has 1 heterocycles. The van der Waals surface area contributed by atoms with Gasteiger partial charge in [0.1, 0.15) is 5.82 Å². The number of hydrogen-bond donors (Lipinski definition) is 1. The van der Waals surface area contributed by atoms with E-state index in [1.165, 1.54) is 31.7 Å². The van der Waals surface area contributed by atoms with Gasteiger partial charge in [0, 0.05) is 12.6 Å². The van der Waals surface area contributed by atoms with Crippen molar-refractivity contribution >= 4 is 28.6 Å². The number of fused-ring (bicyclic) bond motifs is 1. The first-order chi connectivity index (χ1) is 9.54. The van der Waals surface area contributed by atoms with Crippen molar-refractivity contribution in [2.45, 2.75) is 39.2 Å². The number of rotatable bonds is 2. The Bertz CT molecular complexity index is 630. The zero-order valence-electron chi connectivity index (χ0n) is 11.6. The van der Waals surface area contributed by atoms with E-state index in [4.69, 9.17) is 17.3 Å². The van der Waals surface area contributed by atoms with E-state index < -0.39 is 5.82 Å². The Hall–Kier alpha value is -1.29. The Kier molecular flexibility index (Phi) is 3.59. The molecular formula is C15H19ClFN3. The molecule has 0 atom stereocenters. The third kappa shape index (κ3) is 2.49. The Morgan fingerprint density at radius 1 is 1.35 bits per heavy atom. The highest BCUT2D eigenvalue weighted by Crippen LogP contribution is 2.32. The lowest BCUT2D eigenvalue weighted by atomic mass is 9.83. The van der Waals surface area contributed by atoms with Crippen LogP contribution in [0.25, 0.3) is 11.0 Å². The highest BCUT2D eigenvalue weighted by molar-refractivity contribution is 6.31. The first kappa shape index (κ1) is 13.7. The summed E-state index contributed by atoms with van der Waals surface area (Å²) in [5.74, 6) is 1.44. The first-order valence-electron chi connectivity index (χ1n) is 7.15. The fraction of sp³-hybridized carbons (Fsp3) is 0.533. The topological polar surface area (TPSA) is 43.8 Å². The van der Waals surface area contributed by atoms with Crippen LogP contribution >= 0.6 is 11.6 Å². The molecule has 0 bridgehead atoms. The van der Waals surface area contributed by atoms with Gasteiger partial charge in [-0.25, -0.2) is 9.37 Å². The quantitative estimate of drug-likeness (QED) is 0.900. The number of aromatic nitrogens is 2. The van der Waals surface area contributed by atoms with E-state index in [9.17, 15) is 4.39 Å². The van der Waals surface area contributed by atoms with Crippen LogP contribution in [0.4, 0.5) is 10.3 Å². The molecule has 1 aromatic carbocycles. The van der Waals surface area contributed by atoms with Crippen molar-refractivity contribution in [2.75, 3.05) is 5.73 Å². The number of nitrogens with two attached hydrogens (primary N) is 1. The molecule has 2 aromatic rings. The van der Waals surface area contributed by atoms with E-state index in [2.05, 4.69) is 11.9 Å². The molecule has 3 rings (SSSR count). The standard InChI is InChI=1S/C15H19ClFN3/c1-9-2-4-10(5-3-9)8-20-14-6-11(16)12(17)7-13(14)19-15(20)18/h6-7,9-10H,2-5,8H2,1H3,(H2,18,19). The molecule has 1 fully saturated rings. The normalized spacial score (nSPS) is 23.4. The summed E-state index contributed by atoms with van der Waals surface area (Å²) in [6.45, 7) is 3.15. The molecular weight excluding hydrogens is 277 g/mol. The minimum absolute atomic E-state index is 0.121. The molecule has 1 saturated carbocycles. The van der Waals surface area contributed by atoms with Crippen molar-refractivity contribution in [3.8, 4) is 0 Å². The van der Waals surface area contributed by atoms with Gasteiger partial charge in [-0.15, -0.1) is 0 Å². The zero-order chi connectivity index (χ0) is 14.3. The molecule has 108 valence electrons. The molecule has 0 amide bonds. The summed E-state index contributed by atoms with van der Waals surface area (Å²) in [5, 5.41) is 0.121. The number of hydrogen-bond acceptors (Lipinski definition) is 2. The Morgan fingerprint density at radius 3 is 2.75 bits per heavy atom. The van der Waals surface area contributed by atoms with Gasteiger partial charge in [0.15, 0.2) is 0 Å². The number of imidazole rings is 1. The maximum absolute atomic E-state index is 13.5. The SMILES string of the molecule is CC1CCC(Cn2c(N)nc3cc(F)c(Cl)cc32)CC1. The van der Waals surface area contributed by atoms with Crippen LogP contribution in [0.1, 0.15) is 32.6 Å². The van der Waals surface area contributed by atoms with E-state index in [0.717, 1.165) is 18.0 Å². The largest absolute Gasteiger partial charge is 0.369 e. The summed E-state index contributed by atoms with van der Waals surface area (Å²) < 4.78 is 15.4. The van der Waals surface area contributed by atoms with Gasteiger partial charge >= 0.3 is 0 Å². The summed E-state index contributed by atoms with van der Waals surface area (Å²) in [4.78, 5) is 4.24. The van der Waals surface area contributed by atoms with E-state index in [0.29, 0.717) is 17.4 Å². The van der Waals surface area contributed by atoms with Crippen LogP contribution in [0.15, 0.2) is 12.1 Å². The van der Waals surface area contributed by atoms with Crippen LogP contribution < -0.4 is 5.73 Å². The number of nitrogens with zero attached hydrogens (tertiary/aromatic N) is 2.